The number of H-pyrrole nitrogens is 1. The number of fused-ring (bicyclic) bond motifs is 1. The Kier molecular flexibility index (Phi) is 6.55. The molecule has 2 aromatic rings. The summed E-state index contributed by atoms with van der Waals surface area (Å²) in [5, 5.41) is 3.83. The molecular formula is C19H29N5O. The van der Waals surface area contributed by atoms with Crippen molar-refractivity contribution in [1.29, 1.82) is 0 Å². The van der Waals surface area contributed by atoms with Gasteiger partial charge in [0, 0.05) is 38.0 Å². The molecule has 2 atom stereocenters. The van der Waals surface area contributed by atoms with E-state index in [1.54, 1.807) is 7.11 Å². The molecule has 0 bridgehead atoms. The van der Waals surface area contributed by atoms with Gasteiger partial charge in [-0.15, -0.1) is 0 Å². The number of rotatable bonds is 9. The van der Waals surface area contributed by atoms with Crippen LogP contribution in [0.1, 0.15) is 54.5 Å². The third-order valence-electron chi connectivity index (χ3n) is 4.80. The van der Waals surface area contributed by atoms with E-state index in [0.717, 1.165) is 43.6 Å². The van der Waals surface area contributed by atoms with Crippen LogP contribution in [-0.2, 0) is 24.2 Å². The zero-order chi connectivity index (χ0) is 17.5. The highest BCUT2D eigenvalue weighted by atomic mass is 16.5. The van der Waals surface area contributed by atoms with E-state index < -0.39 is 0 Å². The fraction of sp³-hybridized carbons (Fsp3) is 0.579. The summed E-state index contributed by atoms with van der Waals surface area (Å²) in [4.78, 5) is 12.5. The monoisotopic (exact) mass is 343 g/mol. The molecule has 136 valence electrons. The van der Waals surface area contributed by atoms with Crippen LogP contribution in [-0.4, -0.2) is 34.6 Å². The molecule has 4 N–H and O–H groups in total. The van der Waals surface area contributed by atoms with E-state index >= 15 is 0 Å². The van der Waals surface area contributed by atoms with E-state index in [1.165, 1.54) is 17.7 Å². The van der Waals surface area contributed by atoms with E-state index in [4.69, 9.17) is 10.5 Å². The van der Waals surface area contributed by atoms with Gasteiger partial charge in [0.1, 0.15) is 5.82 Å². The highest BCUT2D eigenvalue weighted by Gasteiger charge is 2.24. The van der Waals surface area contributed by atoms with Crippen molar-refractivity contribution in [3.8, 4) is 0 Å². The second-order valence-electron chi connectivity index (χ2n) is 6.76. The Balaban J connectivity index is 1.68. The fourth-order valence-corrected chi connectivity index (χ4v) is 3.63. The SMILES string of the molecule is COCc1c[nH]c(CC(CCCN)NC2CCCc3cccnc32)n1. The molecule has 0 saturated heterocycles. The van der Waals surface area contributed by atoms with Crippen LogP contribution in [0.25, 0.3) is 0 Å². The maximum atomic E-state index is 5.74. The number of nitrogens with zero attached hydrogens (tertiary/aromatic N) is 2. The third kappa shape index (κ3) is 4.87. The van der Waals surface area contributed by atoms with Crippen molar-refractivity contribution >= 4 is 0 Å². The standard InChI is InChI=1S/C19H29N5O/c1-25-13-16-12-22-18(24-16)11-15(7-3-9-20)23-17-8-2-5-14-6-4-10-21-19(14)17/h4,6,10,12,15,17,23H,2-3,5,7-9,11,13,20H2,1H3,(H,22,24). The van der Waals surface area contributed by atoms with E-state index in [-0.39, 0.29) is 0 Å². The fourth-order valence-electron chi connectivity index (χ4n) is 3.63. The number of hydrogen-bond donors (Lipinski definition) is 3. The molecule has 6 nitrogen and oxygen atoms in total. The third-order valence-corrected chi connectivity index (χ3v) is 4.80. The number of aryl methyl sites for hydroxylation is 1. The normalized spacial score (nSPS) is 18.1. The molecule has 2 heterocycles. The lowest BCUT2D eigenvalue weighted by atomic mass is 9.91. The molecule has 25 heavy (non-hydrogen) atoms. The van der Waals surface area contributed by atoms with Crippen LogP contribution in [0.3, 0.4) is 0 Å². The minimum Gasteiger partial charge on any atom is -0.378 e. The van der Waals surface area contributed by atoms with Crippen LogP contribution in [0, 0.1) is 0 Å². The van der Waals surface area contributed by atoms with Gasteiger partial charge in [0.25, 0.3) is 0 Å². The van der Waals surface area contributed by atoms with Crippen molar-refractivity contribution < 1.29 is 4.74 Å². The maximum absolute atomic E-state index is 5.74. The van der Waals surface area contributed by atoms with Crippen LogP contribution in [0.4, 0.5) is 0 Å². The number of methoxy groups -OCH3 is 1. The number of ether oxygens (including phenoxy) is 1. The van der Waals surface area contributed by atoms with Crippen molar-refractivity contribution in [3.05, 3.63) is 47.3 Å². The first kappa shape index (κ1) is 18.0. The van der Waals surface area contributed by atoms with E-state index in [9.17, 15) is 0 Å². The molecular weight excluding hydrogens is 314 g/mol. The van der Waals surface area contributed by atoms with Gasteiger partial charge in [-0.3, -0.25) is 4.98 Å². The van der Waals surface area contributed by atoms with Crippen LogP contribution in [0.2, 0.25) is 0 Å². The van der Waals surface area contributed by atoms with Gasteiger partial charge in [0.15, 0.2) is 0 Å². The summed E-state index contributed by atoms with van der Waals surface area (Å²) in [6.07, 6.45) is 10.2. The van der Waals surface area contributed by atoms with Crippen LogP contribution in [0.5, 0.6) is 0 Å². The van der Waals surface area contributed by atoms with Crippen molar-refractivity contribution in [2.24, 2.45) is 5.73 Å². The summed E-state index contributed by atoms with van der Waals surface area (Å²) in [6.45, 7) is 1.25. The lowest BCUT2D eigenvalue weighted by molar-refractivity contribution is 0.181. The lowest BCUT2D eigenvalue weighted by Crippen LogP contribution is -2.37. The number of aromatic amines is 1. The molecule has 6 heteroatoms. The molecule has 0 spiro atoms. The van der Waals surface area contributed by atoms with Crippen molar-refractivity contribution in [2.75, 3.05) is 13.7 Å². The number of imidazole rings is 1. The molecule has 0 amide bonds. The summed E-state index contributed by atoms with van der Waals surface area (Å²) >= 11 is 0. The zero-order valence-corrected chi connectivity index (χ0v) is 15.0. The second kappa shape index (κ2) is 9.08. The van der Waals surface area contributed by atoms with Gasteiger partial charge < -0.3 is 20.8 Å². The average Bonchev–Trinajstić information content (AvgIpc) is 3.07. The van der Waals surface area contributed by atoms with Gasteiger partial charge in [-0.25, -0.2) is 4.98 Å². The summed E-state index contributed by atoms with van der Waals surface area (Å²) in [7, 11) is 1.69. The molecule has 0 aliphatic heterocycles. The maximum Gasteiger partial charge on any atom is 0.108 e. The average molecular weight is 343 g/mol. The molecule has 1 aliphatic rings. The molecule has 0 aromatic carbocycles. The highest BCUT2D eigenvalue weighted by Crippen LogP contribution is 2.28. The minimum absolute atomic E-state index is 0.320. The molecule has 2 aromatic heterocycles. The Morgan fingerprint density at radius 2 is 2.40 bits per heavy atom. The first-order valence-corrected chi connectivity index (χ1v) is 9.22. The number of pyridine rings is 1. The molecule has 0 saturated carbocycles. The number of aromatic nitrogens is 3. The second-order valence-corrected chi connectivity index (χ2v) is 6.76. The van der Waals surface area contributed by atoms with E-state index in [1.807, 2.05) is 18.5 Å². The number of nitrogens with two attached hydrogens (primary N) is 1. The summed E-state index contributed by atoms with van der Waals surface area (Å²) in [5.74, 6) is 0.999. The molecule has 2 unspecified atom stereocenters. The largest absolute Gasteiger partial charge is 0.378 e. The Labute approximate surface area is 149 Å². The Morgan fingerprint density at radius 1 is 1.48 bits per heavy atom. The zero-order valence-electron chi connectivity index (χ0n) is 15.0. The number of hydrogen-bond acceptors (Lipinski definition) is 5. The van der Waals surface area contributed by atoms with Crippen molar-refractivity contribution in [3.63, 3.8) is 0 Å². The molecule has 3 rings (SSSR count). The summed E-state index contributed by atoms with van der Waals surface area (Å²) in [5.41, 5.74) is 9.28. The van der Waals surface area contributed by atoms with Crippen LogP contribution < -0.4 is 11.1 Å². The number of nitrogens with one attached hydrogen (secondary N) is 2. The van der Waals surface area contributed by atoms with E-state index in [0.29, 0.717) is 25.2 Å². The summed E-state index contributed by atoms with van der Waals surface area (Å²) < 4.78 is 5.15. The van der Waals surface area contributed by atoms with Gasteiger partial charge in [0.05, 0.1) is 18.0 Å². The van der Waals surface area contributed by atoms with Gasteiger partial charge in [-0.2, -0.15) is 0 Å². The van der Waals surface area contributed by atoms with Gasteiger partial charge in [-0.1, -0.05) is 6.07 Å². The van der Waals surface area contributed by atoms with Crippen LogP contribution in [0.15, 0.2) is 24.5 Å². The smallest absolute Gasteiger partial charge is 0.108 e. The summed E-state index contributed by atoms with van der Waals surface area (Å²) in [6, 6.07) is 4.89. The lowest BCUT2D eigenvalue weighted by Gasteiger charge is -2.29. The van der Waals surface area contributed by atoms with Crippen LogP contribution >= 0.6 is 0 Å². The first-order valence-electron chi connectivity index (χ1n) is 9.22. The molecule has 0 fully saturated rings. The van der Waals surface area contributed by atoms with E-state index in [2.05, 4.69) is 26.3 Å². The highest BCUT2D eigenvalue weighted by molar-refractivity contribution is 5.25. The first-order chi connectivity index (χ1) is 12.3. The van der Waals surface area contributed by atoms with Gasteiger partial charge in [-0.05, 0) is 50.3 Å². The van der Waals surface area contributed by atoms with Crippen molar-refractivity contribution in [1.82, 2.24) is 20.3 Å². The minimum atomic E-state index is 0.320. The Morgan fingerprint density at radius 3 is 3.24 bits per heavy atom. The Bertz CT molecular complexity index is 657. The Hall–Kier alpha value is -1.76. The predicted molar refractivity (Wildman–Crippen MR) is 98.1 cm³/mol. The quantitative estimate of drug-likeness (QED) is 0.650. The van der Waals surface area contributed by atoms with Gasteiger partial charge >= 0.3 is 0 Å². The topological polar surface area (TPSA) is 88.9 Å². The molecule has 1 aliphatic carbocycles. The predicted octanol–water partition coefficient (Wildman–Crippen LogP) is 2.27. The molecule has 0 radical (unpaired) electrons. The van der Waals surface area contributed by atoms with Gasteiger partial charge in [0.2, 0.25) is 0 Å². The van der Waals surface area contributed by atoms with Crippen molar-refractivity contribution in [2.45, 2.75) is 57.2 Å².